The first kappa shape index (κ1) is 14.9. The first-order valence-electron chi connectivity index (χ1n) is 6.36. The maximum Gasteiger partial charge on any atom is 0.219 e. The van der Waals surface area contributed by atoms with E-state index in [4.69, 9.17) is 0 Å². The first-order valence-corrected chi connectivity index (χ1v) is 7.34. The lowest BCUT2D eigenvalue weighted by atomic mass is 10.2. The number of rotatable bonds is 9. The highest BCUT2D eigenvalue weighted by molar-refractivity contribution is 7.99. The number of hydrogen-bond donors (Lipinski definition) is 1. The van der Waals surface area contributed by atoms with Crippen molar-refractivity contribution in [3.05, 3.63) is 0 Å². The van der Waals surface area contributed by atoms with Crippen molar-refractivity contribution in [2.24, 2.45) is 7.05 Å². The fraction of sp³-hybridized carbons (Fsp3) is 0.818. The molecular weight excluding hydrogens is 250 g/mol. The number of thioether (sulfide) groups is 1. The molecule has 0 spiro atoms. The Hall–Kier alpha value is -1.11. The van der Waals surface area contributed by atoms with E-state index in [2.05, 4.69) is 27.8 Å². The third kappa shape index (κ3) is 6.00. The minimum absolute atomic E-state index is 0.161. The SMILES string of the molecule is CCCCCC(=O)NCCCSc1nnnn1C. The monoisotopic (exact) mass is 271 g/mol. The molecule has 1 N–H and O–H groups in total. The van der Waals surface area contributed by atoms with Crippen molar-refractivity contribution in [1.29, 1.82) is 0 Å². The van der Waals surface area contributed by atoms with Crippen LogP contribution in [0.3, 0.4) is 0 Å². The normalized spacial score (nSPS) is 10.6. The second-order valence-corrected chi connectivity index (χ2v) is 5.16. The Balaban J connectivity index is 1.98. The number of tetrazole rings is 1. The van der Waals surface area contributed by atoms with E-state index in [1.54, 1.807) is 16.4 Å². The van der Waals surface area contributed by atoms with Gasteiger partial charge < -0.3 is 5.32 Å². The molecule has 0 aliphatic rings. The summed E-state index contributed by atoms with van der Waals surface area (Å²) in [6.07, 6.45) is 4.84. The lowest BCUT2D eigenvalue weighted by Crippen LogP contribution is -2.24. The summed E-state index contributed by atoms with van der Waals surface area (Å²) in [4.78, 5) is 11.4. The zero-order valence-corrected chi connectivity index (χ0v) is 11.9. The van der Waals surface area contributed by atoms with Gasteiger partial charge in [0, 0.05) is 25.8 Å². The minimum atomic E-state index is 0.161. The molecule has 1 aromatic rings. The number of amides is 1. The molecular formula is C11H21N5OS. The third-order valence-corrected chi connectivity index (χ3v) is 3.56. The van der Waals surface area contributed by atoms with Gasteiger partial charge in [0.1, 0.15) is 0 Å². The van der Waals surface area contributed by atoms with Gasteiger partial charge in [-0.25, -0.2) is 4.68 Å². The van der Waals surface area contributed by atoms with Gasteiger partial charge in [-0.15, -0.1) is 5.10 Å². The predicted octanol–water partition coefficient (Wildman–Crippen LogP) is 1.39. The highest BCUT2D eigenvalue weighted by Crippen LogP contribution is 2.12. The highest BCUT2D eigenvalue weighted by Gasteiger charge is 2.03. The highest BCUT2D eigenvalue weighted by atomic mass is 32.2. The second-order valence-electron chi connectivity index (χ2n) is 4.09. The molecule has 102 valence electrons. The Morgan fingerprint density at radius 3 is 2.89 bits per heavy atom. The van der Waals surface area contributed by atoms with Gasteiger partial charge in [0.05, 0.1) is 0 Å². The molecule has 0 aliphatic carbocycles. The molecule has 1 aromatic heterocycles. The Labute approximate surface area is 112 Å². The number of hydrogen-bond acceptors (Lipinski definition) is 5. The maximum atomic E-state index is 11.4. The molecule has 6 nitrogen and oxygen atoms in total. The number of aromatic nitrogens is 4. The average molecular weight is 271 g/mol. The Bertz CT molecular complexity index is 355. The molecule has 0 aliphatic heterocycles. The molecule has 1 heterocycles. The summed E-state index contributed by atoms with van der Waals surface area (Å²) in [5.74, 6) is 1.07. The fourth-order valence-corrected chi connectivity index (χ4v) is 2.22. The fourth-order valence-electron chi connectivity index (χ4n) is 1.43. The van der Waals surface area contributed by atoms with Crippen molar-refractivity contribution in [2.75, 3.05) is 12.3 Å². The van der Waals surface area contributed by atoms with Crippen molar-refractivity contribution in [3.63, 3.8) is 0 Å². The molecule has 0 fully saturated rings. The number of unbranched alkanes of at least 4 members (excludes halogenated alkanes) is 2. The average Bonchev–Trinajstić information content (AvgIpc) is 2.75. The van der Waals surface area contributed by atoms with E-state index >= 15 is 0 Å². The van der Waals surface area contributed by atoms with Gasteiger partial charge in [-0.1, -0.05) is 31.5 Å². The van der Waals surface area contributed by atoms with Gasteiger partial charge in [-0.2, -0.15) is 0 Å². The molecule has 7 heteroatoms. The molecule has 0 unspecified atom stereocenters. The van der Waals surface area contributed by atoms with Crippen molar-refractivity contribution in [1.82, 2.24) is 25.5 Å². The van der Waals surface area contributed by atoms with Crippen LogP contribution in [0.1, 0.15) is 39.0 Å². The molecule has 18 heavy (non-hydrogen) atoms. The second kappa shape index (κ2) is 8.91. The van der Waals surface area contributed by atoms with Gasteiger partial charge in [0.15, 0.2) is 0 Å². The summed E-state index contributed by atoms with van der Waals surface area (Å²) in [5, 5.41) is 14.9. The molecule has 0 saturated heterocycles. The first-order chi connectivity index (χ1) is 8.74. The lowest BCUT2D eigenvalue weighted by molar-refractivity contribution is -0.121. The molecule has 0 aromatic carbocycles. The van der Waals surface area contributed by atoms with Crippen LogP contribution in [-0.2, 0) is 11.8 Å². The third-order valence-electron chi connectivity index (χ3n) is 2.46. The van der Waals surface area contributed by atoms with Crippen LogP contribution >= 0.6 is 11.8 Å². The summed E-state index contributed by atoms with van der Waals surface area (Å²) < 4.78 is 1.65. The summed E-state index contributed by atoms with van der Waals surface area (Å²) in [7, 11) is 1.82. The number of nitrogens with one attached hydrogen (secondary N) is 1. The smallest absolute Gasteiger partial charge is 0.219 e. The van der Waals surface area contributed by atoms with Gasteiger partial charge in [0.25, 0.3) is 0 Å². The Morgan fingerprint density at radius 1 is 1.39 bits per heavy atom. The van der Waals surface area contributed by atoms with Crippen LogP contribution in [0.25, 0.3) is 0 Å². The quantitative estimate of drug-likeness (QED) is 0.543. The van der Waals surface area contributed by atoms with Crippen LogP contribution in [-0.4, -0.2) is 38.4 Å². The van der Waals surface area contributed by atoms with Crippen LogP contribution in [0.15, 0.2) is 5.16 Å². The van der Waals surface area contributed by atoms with Crippen molar-refractivity contribution in [2.45, 2.75) is 44.2 Å². The topological polar surface area (TPSA) is 72.7 Å². The molecule has 1 rings (SSSR count). The van der Waals surface area contributed by atoms with Crippen molar-refractivity contribution in [3.8, 4) is 0 Å². The summed E-state index contributed by atoms with van der Waals surface area (Å²) >= 11 is 1.60. The van der Waals surface area contributed by atoms with Crippen molar-refractivity contribution >= 4 is 17.7 Å². The number of carbonyl (C=O) groups excluding carboxylic acids is 1. The zero-order valence-electron chi connectivity index (χ0n) is 11.1. The van der Waals surface area contributed by atoms with Gasteiger partial charge in [0.2, 0.25) is 11.1 Å². The van der Waals surface area contributed by atoms with E-state index in [9.17, 15) is 4.79 Å². The van der Waals surface area contributed by atoms with Crippen LogP contribution < -0.4 is 5.32 Å². The summed E-state index contributed by atoms with van der Waals surface area (Å²) in [6.45, 7) is 2.86. The van der Waals surface area contributed by atoms with E-state index in [0.717, 1.165) is 43.1 Å². The van der Waals surface area contributed by atoms with Crippen LogP contribution in [0.4, 0.5) is 0 Å². The summed E-state index contributed by atoms with van der Waals surface area (Å²) in [6, 6.07) is 0. The van der Waals surface area contributed by atoms with E-state index in [1.807, 2.05) is 7.05 Å². The molecule has 0 bridgehead atoms. The number of carbonyl (C=O) groups is 1. The molecule has 0 saturated carbocycles. The van der Waals surface area contributed by atoms with Gasteiger partial charge in [-0.05, 0) is 23.3 Å². The molecule has 0 atom stereocenters. The Morgan fingerprint density at radius 2 is 2.22 bits per heavy atom. The van der Waals surface area contributed by atoms with Gasteiger partial charge in [-0.3, -0.25) is 4.79 Å². The van der Waals surface area contributed by atoms with Gasteiger partial charge >= 0.3 is 0 Å². The van der Waals surface area contributed by atoms with E-state index in [0.29, 0.717) is 6.42 Å². The summed E-state index contributed by atoms with van der Waals surface area (Å²) in [5.41, 5.74) is 0. The minimum Gasteiger partial charge on any atom is -0.356 e. The zero-order chi connectivity index (χ0) is 13.2. The van der Waals surface area contributed by atoms with E-state index < -0.39 is 0 Å². The van der Waals surface area contributed by atoms with Crippen LogP contribution in [0, 0.1) is 0 Å². The van der Waals surface area contributed by atoms with Crippen LogP contribution in [0.2, 0.25) is 0 Å². The molecule has 0 radical (unpaired) electrons. The van der Waals surface area contributed by atoms with E-state index in [1.165, 1.54) is 0 Å². The van der Waals surface area contributed by atoms with E-state index in [-0.39, 0.29) is 5.91 Å². The van der Waals surface area contributed by atoms with Crippen molar-refractivity contribution < 1.29 is 4.79 Å². The number of aryl methyl sites for hydroxylation is 1. The Kier molecular flexibility index (Phi) is 7.40. The molecule has 1 amide bonds. The number of nitrogens with zero attached hydrogens (tertiary/aromatic N) is 4. The standard InChI is InChI=1S/C11H21N5OS/c1-3-4-5-7-10(17)12-8-6-9-18-11-13-14-15-16(11)2/h3-9H2,1-2H3,(H,12,17). The lowest BCUT2D eigenvalue weighted by Gasteiger charge is -2.04. The predicted molar refractivity (Wildman–Crippen MR) is 71.3 cm³/mol. The van der Waals surface area contributed by atoms with Crippen LogP contribution in [0.5, 0.6) is 0 Å². The largest absolute Gasteiger partial charge is 0.356 e. The maximum absolute atomic E-state index is 11.4.